The SMILES string of the molecule is Cc1csc(-c2cccc(C(=O)Nc3ccc(CCO)cc3)c2)n1. The Bertz CT molecular complexity index is 841. The van der Waals surface area contributed by atoms with Gasteiger partial charge in [0.05, 0.1) is 0 Å². The average molecular weight is 338 g/mol. The normalized spacial score (nSPS) is 10.6. The highest BCUT2D eigenvalue weighted by molar-refractivity contribution is 7.13. The lowest BCUT2D eigenvalue weighted by Gasteiger charge is -2.07. The van der Waals surface area contributed by atoms with Crippen molar-refractivity contribution < 1.29 is 9.90 Å². The molecule has 0 radical (unpaired) electrons. The van der Waals surface area contributed by atoms with Crippen LogP contribution >= 0.6 is 11.3 Å². The second-order valence-electron chi connectivity index (χ2n) is 5.50. The van der Waals surface area contributed by atoms with E-state index in [9.17, 15) is 4.79 Å². The number of aryl methyl sites for hydroxylation is 1. The van der Waals surface area contributed by atoms with Crippen molar-refractivity contribution in [1.82, 2.24) is 4.98 Å². The number of hydrogen-bond donors (Lipinski definition) is 2. The second kappa shape index (κ2) is 7.38. The van der Waals surface area contributed by atoms with E-state index in [2.05, 4.69) is 10.3 Å². The maximum atomic E-state index is 12.4. The number of thiazole rings is 1. The molecule has 24 heavy (non-hydrogen) atoms. The summed E-state index contributed by atoms with van der Waals surface area (Å²) in [5.74, 6) is -0.153. The molecule has 5 heteroatoms. The highest BCUT2D eigenvalue weighted by Gasteiger charge is 2.09. The first-order valence-corrected chi connectivity index (χ1v) is 8.57. The molecule has 2 N–H and O–H groups in total. The molecule has 3 rings (SSSR count). The van der Waals surface area contributed by atoms with E-state index in [1.807, 2.05) is 54.8 Å². The summed E-state index contributed by atoms with van der Waals surface area (Å²) in [5.41, 5.74) is 4.29. The van der Waals surface area contributed by atoms with Gasteiger partial charge >= 0.3 is 0 Å². The number of rotatable bonds is 5. The minimum absolute atomic E-state index is 0.120. The fraction of sp³-hybridized carbons (Fsp3) is 0.158. The number of nitrogens with zero attached hydrogens (tertiary/aromatic N) is 1. The van der Waals surface area contributed by atoms with Crippen LogP contribution in [0.2, 0.25) is 0 Å². The Morgan fingerprint density at radius 1 is 1.21 bits per heavy atom. The Morgan fingerprint density at radius 3 is 2.67 bits per heavy atom. The van der Waals surface area contributed by atoms with Crippen LogP contribution in [0.5, 0.6) is 0 Å². The predicted octanol–water partition coefficient (Wildman–Crippen LogP) is 3.91. The monoisotopic (exact) mass is 338 g/mol. The van der Waals surface area contributed by atoms with E-state index >= 15 is 0 Å². The molecule has 0 saturated heterocycles. The summed E-state index contributed by atoms with van der Waals surface area (Å²) in [4.78, 5) is 16.9. The third-order valence-electron chi connectivity index (χ3n) is 3.60. The standard InChI is InChI=1S/C19H18N2O2S/c1-13-12-24-19(20-13)16-4-2-3-15(11-16)18(23)21-17-7-5-14(6-8-17)9-10-22/h2-8,11-12,22H,9-10H2,1H3,(H,21,23). The van der Waals surface area contributed by atoms with Crippen LogP contribution in [-0.4, -0.2) is 22.6 Å². The number of amides is 1. The van der Waals surface area contributed by atoms with Gasteiger partial charge in [0.25, 0.3) is 5.91 Å². The molecule has 0 aliphatic carbocycles. The van der Waals surface area contributed by atoms with Gasteiger partial charge in [-0.3, -0.25) is 4.79 Å². The fourth-order valence-corrected chi connectivity index (χ4v) is 3.16. The molecule has 0 bridgehead atoms. The molecule has 0 fully saturated rings. The van der Waals surface area contributed by atoms with Crippen molar-refractivity contribution in [3.63, 3.8) is 0 Å². The van der Waals surface area contributed by atoms with Gasteiger partial charge in [-0.15, -0.1) is 11.3 Å². The summed E-state index contributed by atoms with van der Waals surface area (Å²) in [7, 11) is 0. The predicted molar refractivity (Wildman–Crippen MR) is 97.5 cm³/mol. The Labute approximate surface area is 144 Å². The molecule has 0 aliphatic rings. The van der Waals surface area contributed by atoms with E-state index in [0.29, 0.717) is 12.0 Å². The molecular formula is C19H18N2O2S. The average Bonchev–Trinajstić information content (AvgIpc) is 3.03. The van der Waals surface area contributed by atoms with Crippen LogP contribution in [0.1, 0.15) is 21.6 Å². The molecule has 122 valence electrons. The van der Waals surface area contributed by atoms with E-state index in [0.717, 1.165) is 27.5 Å². The maximum absolute atomic E-state index is 12.4. The molecule has 4 nitrogen and oxygen atoms in total. The molecule has 0 spiro atoms. The van der Waals surface area contributed by atoms with E-state index in [4.69, 9.17) is 5.11 Å². The van der Waals surface area contributed by atoms with Gasteiger partial charge in [0.2, 0.25) is 0 Å². The van der Waals surface area contributed by atoms with Gasteiger partial charge in [-0.2, -0.15) is 0 Å². The lowest BCUT2D eigenvalue weighted by atomic mass is 10.1. The number of anilines is 1. The van der Waals surface area contributed by atoms with Crippen molar-refractivity contribution in [2.24, 2.45) is 0 Å². The van der Waals surface area contributed by atoms with Crippen LogP contribution in [0, 0.1) is 6.92 Å². The largest absolute Gasteiger partial charge is 0.396 e. The van der Waals surface area contributed by atoms with E-state index in [-0.39, 0.29) is 12.5 Å². The number of benzene rings is 2. The van der Waals surface area contributed by atoms with E-state index in [1.165, 1.54) is 0 Å². The van der Waals surface area contributed by atoms with Gasteiger partial charge in [0.15, 0.2) is 0 Å². The Balaban J connectivity index is 1.75. The first-order valence-electron chi connectivity index (χ1n) is 7.69. The molecular weight excluding hydrogens is 320 g/mol. The quantitative estimate of drug-likeness (QED) is 0.741. The smallest absolute Gasteiger partial charge is 0.255 e. The van der Waals surface area contributed by atoms with Gasteiger partial charge in [-0.1, -0.05) is 24.3 Å². The van der Waals surface area contributed by atoms with Gasteiger partial charge in [-0.05, 0) is 43.2 Å². The Morgan fingerprint density at radius 2 is 2.00 bits per heavy atom. The summed E-state index contributed by atoms with van der Waals surface area (Å²) in [5, 5.41) is 14.7. The molecule has 0 saturated carbocycles. The summed E-state index contributed by atoms with van der Waals surface area (Å²) >= 11 is 1.57. The van der Waals surface area contributed by atoms with Crippen molar-refractivity contribution in [2.75, 3.05) is 11.9 Å². The van der Waals surface area contributed by atoms with Crippen LogP contribution in [-0.2, 0) is 6.42 Å². The van der Waals surface area contributed by atoms with Crippen LogP contribution in [0.15, 0.2) is 53.9 Å². The van der Waals surface area contributed by atoms with Crippen molar-refractivity contribution in [2.45, 2.75) is 13.3 Å². The van der Waals surface area contributed by atoms with Crippen LogP contribution in [0.4, 0.5) is 5.69 Å². The van der Waals surface area contributed by atoms with Crippen LogP contribution in [0.25, 0.3) is 10.6 Å². The summed E-state index contributed by atoms with van der Waals surface area (Å²) in [6.07, 6.45) is 0.615. The minimum atomic E-state index is -0.153. The van der Waals surface area contributed by atoms with Crippen molar-refractivity contribution in [3.8, 4) is 10.6 Å². The molecule has 1 amide bonds. The van der Waals surface area contributed by atoms with Crippen molar-refractivity contribution >= 4 is 22.9 Å². The van der Waals surface area contributed by atoms with Crippen molar-refractivity contribution in [3.05, 3.63) is 70.7 Å². The second-order valence-corrected chi connectivity index (χ2v) is 6.36. The number of carbonyl (C=O) groups is 1. The highest BCUT2D eigenvalue weighted by atomic mass is 32.1. The molecule has 2 aromatic carbocycles. The Hall–Kier alpha value is -2.50. The molecule has 0 atom stereocenters. The third-order valence-corrected chi connectivity index (χ3v) is 4.61. The number of aliphatic hydroxyl groups excluding tert-OH is 1. The van der Waals surface area contributed by atoms with Crippen LogP contribution < -0.4 is 5.32 Å². The zero-order valence-electron chi connectivity index (χ0n) is 13.3. The number of aliphatic hydroxyl groups is 1. The maximum Gasteiger partial charge on any atom is 0.255 e. The van der Waals surface area contributed by atoms with Gasteiger partial charge < -0.3 is 10.4 Å². The number of carbonyl (C=O) groups excluding carboxylic acids is 1. The first kappa shape index (κ1) is 16.4. The summed E-state index contributed by atoms with van der Waals surface area (Å²) in [6.45, 7) is 2.08. The summed E-state index contributed by atoms with van der Waals surface area (Å²) in [6, 6.07) is 15.0. The highest BCUT2D eigenvalue weighted by Crippen LogP contribution is 2.24. The number of nitrogens with one attached hydrogen (secondary N) is 1. The number of hydrogen-bond acceptors (Lipinski definition) is 4. The zero-order valence-corrected chi connectivity index (χ0v) is 14.1. The third kappa shape index (κ3) is 3.88. The number of aromatic nitrogens is 1. The van der Waals surface area contributed by atoms with Gasteiger partial charge in [-0.25, -0.2) is 4.98 Å². The topological polar surface area (TPSA) is 62.2 Å². The summed E-state index contributed by atoms with van der Waals surface area (Å²) < 4.78 is 0. The molecule has 3 aromatic rings. The zero-order chi connectivity index (χ0) is 16.9. The Kier molecular flexibility index (Phi) is 5.03. The lowest BCUT2D eigenvalue weighted by Crippen LogP contribution is -2.11. The minimum Gasteiger partial charge on any atom is -0.396 e. The van der Waals surface area contributed by atoms with Gasteiger partial charge in [0, 0.05) is 34.5 Å². The molecule has 1 heterocycles. The molecule has 0 unspecified atom stereocenters. The van der Waals surface area contributed by atoms with E-state index < -0.39 is 0 Å². The van der Waals surface area contributed by atoms with Gasteiger partial charge in [0.1, 0.15) is 5.01 Å². The first-order chi connectivity index (χ1) is 11.7. The van der Waals surface area contributed by atoms with Crippen molar-refractivity contribution in [1.29, 1.82) is 0 Å². The fourth-order valence-electron chi connectivity index (χ4n) is 2.37. The van der Waals surface area contributed by atoms with Crippen LogP contribution in [0.3, 0.4) is 0 Å². The molecule has 0 aliphatic heterocycles. The van der Waals surface area contributed by atoms with E-state index in [1.54, 1.807) is 17.4 Å². The lowest BCUT2D eigenvalue weighted by molar-refractivity contribution is 0.102. The molecule has 1 aromatic heterocycles.